The normalized spacial score (nSPS) is 29.8. The van der Waals surface area contributed by atoms with E-state index in [2.05, 4.69) is 0 Å². The minimum Gasteiger partial charge on any atom is -0.507 e. The third-order valence-corrected chi connectivity index (χ3v) is 7.17. The van der Waals surface area contributed by atoms with Gasteiger partial charge in [0.15, 0.2) is 17.9 Å². The lowest BCUT2D eigenvalue weighted by molar-refractivity contribution is -0.238. The summed E-state index contributed by atoms with van der Waals surface area (Å²) in [5.41, 5.74) is 4.47. The van der Waals surface area contributed by atoms with E-state index in [0.29, 0.717) is 0 Å². The van der Waals surface area contributed by atoms with E-state index in [1.807, 2.05) is 0 Å². The fourth-order valence-electron chi connectivity index (χ4n) is 5.13. The van der Waals surface area contributed by atoms with Gasteiger partial charge in [-0.25, -0.2) is 0 Å². The molecule has 2 aliphatic carbocycles. The summed E-state index contributed by atoms with van der Waals surface area (Å²) in [6.07, 6.45) is -4.74. The highest BCUT2D eigenvalue weighted by Gasteiger charge is 2.48. The van der Waals surface area contributed by atoms with Gasteiger partial charge in [-0.2, -0.15) is 0 Å². The highest BCUT2D eigenvalue weighted by molar-refractivity contribution is 6.30. The molecule has 5 atom stereocenters. The van der Waals surface area contributed by atoms with Gasteiger partial charge in [0, 0.05) is 41.5 Å². The van der Waals surface area contributed by atoms with E-state index in [9.17, 15) is 34.8 Å². The van der Waals surface area contributed by atoms with Crippen LogP contribution in [0.1, 0.15) is 68.8 Å². The number of aromatic hydroxyl groups is 2. The van der Waals surface area contributed by atoms with Crippen LogP contribution in [0.4, 0.5) is 0 Å². The maximum absolute atomic E-state index is 13.3. The van der Waals surface area contributed by atoms with Gasteiger partial charge in [-0.3, -0.25) is 14.4 Å². The van der Waals surface area contributed by atoms with Gasteiger partial charge in [-0.1, -0.05) is 24.3 Å². The molecule has 3 aliphatic rings. The molecule has 0 saturated carbocycles. The van der Waals surface area contributed by atoms with Crippen LogP contribution >= 0.6 is 0 Å². The third kappa shape index (κ3) is 3.57. The fourth-order valence-corrected chi connectivity index (χ4v) is 5.13. The quantitative estimate of drug-likeness (QED) is 0.332. The van der Waals surface area contributed by atoms with Gasteiger partial charge in [0.1, 0.15) is 23.4 Å². The number of hydrogen-bond acceptors (Lipinski definition) is 10. The van der Waals surface area contributed by atoms with Gasteiger partial charge in [0.25, 0.3) is 0 Å². The molecule has 2 aromatic carbocycles. The molecule has 2 aromatic rings. The van der Waals surface area contributed by atoms with Gasteiger partial charge < -0.3 is 35.6 Å². The zero-order valence-electron chi connectivity index (χ0n) is 18.9. The molecule has 1 heterocycles. The van der Waals surface area contributed by atoms with E-state index >= 15 is 0 Å². The summed E-state index contributed by atoms with van der Waals surface area (Å²) in [4.78, 5) is 39.0. The highest BCUT2D eigenvalue weighted by atomic mass is 16.7. The van der Waals surface area contributed by atoms with E-state index in [1.54, 1.807) is 12.1 Å². The summed E-state index contributed by atoms with van der Waals surface area (Å²) in [6, 6.07) is 6.10. The first-order valence-electron chi connectivity index (χ1n) is 11.3. The molecule has 184 valence electrons. The van der Waals surface area contributed by atoms with Crippen molar-refractivity contribution >= 4 is 17.3 Å². The van der Waals surface area contributed by atoms with Crippen LogP contribution in [0.25, 0.3) is 0 Å². The Labute approximate surface area is 199 Å². The van der Waals surface area contributed by atoms with Gasteiger partial charge in [0.05, 0.1) is 35.5 Å². The first kappa shape index (κ1) is 23.6. The second-order valence-electron chi connectivity index (χ2n) is 9.39. The average molecular weight is 483 g/mol. The van der Waals surface area contributed by atoms with E-state index in [1.165, 1.54) is 19.1 Å². The fraction of sp³-hybridized carbons (Fsp3) is 0.400. The molecular weight excluding hydrogens is 458 g/mol. The number of fused-ring (bicyclic) bond motifs is 3. The zero-order valence-corrected chi connectivity index (χ0v) is 18.9. The second-order valence-corrected chi connectivity index (χ2v) is 9.39. The predicted molar refractivity (Wildman–Crippen MR) is 119 cm³/mol. The summed E-state index contributed by atoms with van der Waals surface area (Å²) < 4.78 is 11.4. The Morgan fingerprint density at radius 3 is 2.23 bits per heavy atom. The van der Waals surface area contributed by atoms with Crippen molar-refractivity contribution in [1.29, 1.82) is 0 Å². The Morgan fingerprint density at radius 1 is 1.06 bits per heavy atom. The van der Waals surface area contributed by atoms with Crippen molar-refractivity contribution in [3.05, 3.63) is 57.6 Å². The monoisotopic (exact) mass is 483 g/mol. The van der Waals surface area contributed by atoms with Crippen LogP contribution in [-0.4, -0.2) is 68.4 Å². The largest absolute Gasteiger partial charge is 0.507 e. The van der Waals surface area contributed by atoms with Gasteiger partial charge in [0.2, 0.25) is 0 Å². The van der Waals surface area contributed by atoms with Crippen molar-refractivity contribution in [2.75, 3.05) is 6.61 Å². The number of ether oxygens (including phenoxy) is 2. The number of carbonyl (C=O) groups is 3. The van der Waals surface area contributed by atoms with Crippen molar-refractivity contribution in [2.24, 2.45) is 5.73 Å². The Hall–Kier alpha value is -3.15. The summed E-state index contributed by atoms with van der Waals surface area (Å²) in [7, 11) is 0. The second kappa shape index (κ2) is 8.21. The van der Waals surface area contributed by atoms with Gasteiger partial charge >= 0.3 is 0 Å². The number of benzene rings is 2. The van der Waals surface area contributed by atoms with Crippen LogP contribution in [0.5, 0.6) is 11.5 Å². The molecule has 1 aliphatic heterocycles. The molecule has 6 N–H and O–H groups in total. The van der Waals surface area contributed by atoms with Crippen molar-refractivity contribution < 1.29 is 44.3 Å². The number of aliphatic hydroxyl groups is 2. The topological polar surface area (TPSA) is 177 Å². The lowest BCUT2D eigenvalue weighted by atomic mass is 9.71. The summed E-state index contributed by atoms with van der Waals surface area (Å²) in [5, 5.41) is 42.3. The number of phenols is 2. The number of carbonyl (C=O) groups excluding carboxylic acids is 3. The molecule has 5 rings (SSSR count). The molecule has 0 aromatic heterocycles. The van der Waals surface area contributed by atoms with Crippen molar-refractivity contribution in [3.8, 4) is 11.5 Å². The number of Topliss-reactive ketones (excluding diaryl/α,β-unsaturated/α-hetero) is 1. The Kier molecular flexibility index (Phi) is 5.53. The number of nitrogens with two attached hydrogens (primary N) is 1. The average Bonchev–Trinajstić information content (AvgIpc) is 2.82. The first-order chi connectivity index (χ1) is 16.5. The van der Waals surface area contributed by atoms with Crippen LogP contribution in [0.2, 0.25) is 0 Å². The summed E-state index contributed by atoms with van der Waals surface area (Å²) in [5.74, 6) is -2.74. The number of ketones is 3. The molecule has 0 amide bonds. The van der Waals surface area contributed by atoms with Gasteiger partial charge in [-0.05, 0) is 6.92 Å². The highest BCUT2D eigenvalue weighted by Crippen LogP contribution is 2.51. The SMILES string of the molecule is CC(=O)[C@]1(N)Cc2c(O)c3c(c(O)c2[C@H](O[C@@H]2C[C@H](O)[C@@H](O)CO2)C1)C(=O)c1ccccc1C3=O. The maximum Gasteiger partial charge on any atom is 0.198 e. The van der Waals surface area contributed by atoms with Crippen LogP contribution in [0.15, 0.2) is 24.3 Å². The first-order valence-corrected chi connectivity index (χ1v) is 11.3. The third-order valence-electron chi connectivity index (χ3n) is 7.17. The van der Waals surface area contributed by atoms with Crippen molar-refractivity contribution in [3.63, 3.8) is 0 Å². The molecule has 35 heavy (non-hydrogen) atoms. The van der Waals surface area contributed by atoms with Crippen LogP contribution in [-0.2, 0) is 20.7 Å². The Morgan fingerprint density at radius 2 is 1.66 bits per heavy atom. The number of rotatable bonds is 3. The van der Waals surface area contributed by atoms with Crippen molar-refractivity contribution in [1.82, 2.24) is 0 Å². The standard InChI is InChI=1S/C25H25NO9/c1-10(27)25(26)7-13-18(16(8-25)35-17-6-14(28)15(29)9-34-17)24(33)20-19(23(13)32)21(30)11-4-2-3-5-12(11)22(20)31/h2-5,14-17,28-29,32-33H,6-9,26H2,1H3/t14-,15-,16+,17+,25-/m0/s1. The predicted octanol–water partition coefficient (Wildman–Crippen LogP) is 0.632. The smallest absolute Gasteiger partial charge is 0.198 e. The maximum atomic E-state index is 13.3. The molecular formula is C25H25NO9. The molecule has 0 bridgehead atoms. The molecule has 1 saturated heterocycles. The summed E-state index contributed by atoms with van der Waals surface area (Å²) >= 11 is 0. The molecule has 1 fully saturated rings. The van der Waals surface area contributed by atoms with Gasteiger partial charge in [-0.15, -0.1) is 0 Å². The van der Waals surface area contributed by atoms with E-state index in [4.69, 9.17) is 15.2 Å². The lowest BCUT2D eigenvalue weighted by Gasteiger charge is -2.41. The lowest BCUT2D eigenvalue weighted by Crippen LogP contribution is -2.53. The summed E-state index contributed by atoms with van der Waals surface area (Å²) in [6.45, 7) is 1.09. The number of hydrogen-bond donors (Lipinski definition) is 5. The van der Waals surface area contributed by atoms with E-state index in [0.717, 1.165) is 0 Å². The molecule has 10 nitrogen and oxygen atoms in total. The molecule has 0 spiro atoms. The minimum absolute atomic E-state index is 0.0344. The van der Waals surface area contributed by atoms with E-state index in [-0.39, 0.29) is 59.3 Å². The Balaban J connectivity index is 1.67. The van der Waals surface area contributed by atoms with E-state index < -0.39 is 59.0 Å². The van der Waals surface area contributed by atoms with Crippen LogP contribution < -0.4 is 5.73 Å². The number of phenolic OH excluding ortho intramolecular Hbond substituents is 2. The molecule has 10 heteroatoms. The molecule has 0 radical (unpaired) electrons. The zero-order chi connectivity index (χ0) is 25.2. The minimum atomic E-state index is -1.50. The van der Waals surface area contributed by atoms with Crippen molar-refractivity contribution in [2.45, 2.75) is 56.3 Å². The van der Waals surface area contributed by atoms with Crippen LogP contribution in [0, 0.1) is 0 Å². The Bertz CT molecular complexity index is 1270. The molecule has 0 unspecified atom stereocenters. The number of aliphatic hydroxyl groups excluding tert-OH is 2. The van der Waals surface area contributed by atoms with Crippen LogP contribution in [0.3, 0.4) is 0 Å².